The molecule has 1 amide bonds. The molecule has 1 aromatic heterocycles. The van der Waals surface area contributed by atoms with Crippen LogP contribution in [0.1, 0.15) is 21.5 Å². The number of nitrogens with one attached hydrogen (secondary N) is 1. The van der Waals surface area contributed by atoms with Crippen LogP contribution < -0.4 is 10.9 Å². The van der Waals surface area contributed by atoms with Crippen molar-refractivity contribution in [2.24, 2.45) is 0 Å². The number of halogens is 4. The summed E-state index contributed by atoms with van der Waals surface area (Å²) < 4.78 is 39.2. The average molecular weight is 407 g/mol. The van der Waals surface area contributed by atoms with E-state index in [2.05, 4.69) is 5.32 Å². The maximum atomic E-state index is 12.6. The van der Waals surface area contributed by atoms with E-state index in [1.807, 2.05) is 0 Å². The van der Waals surface area contributed by atoms with Gasteiger partial charge in [-0.25, -0.2) is 0 Å². The maximum absolute atomic E-state index is 12.6. The number of benzene rings is 2. The van der Waals surface area contributed by atoms with Gasteiger partial charge in [0.05, 0.1) is 17.7 Å². The Morgan fingerprint density at radius 2 is 1.61 bits per heavy atom. The third-order valence-electron chi connectivity index (χ3n) is 3.98. The Balaban J connectivity index is 1.78. The predicted octanol–water partition coefficient (Wildman–Crippen LogP) is 4.82. The second kappa shape index (κ2) is 7.90. The van der Waals surface area contributed by atoms with E-state index < -0.39 is 17.6 Å². The molecule has 4 nitrogen and oxygen atoms in total. The standard InChI is InChI=1S/C20H14ClF3N2O2/c21-16-6-8-17(9-7-16)25-19(28)14-3-10-18(27)26(12-14)11-13-1-4-15(5-2-13)20(22,23)24/h1-10,12H,11H2,(H,25,28). The number of carbonyl (C=O) groups excluding carboxylic acids is 1. The highest BCUT2D eigenvalue weighted by Gasteiger charge is 2.29. The first kappa shape index (κ1) is 19.7. The monoisotopic (exact) mass is 406 g/mol. The van der Waals surface area contributed by atoms with E-state index in [4.69, 9.17) is 11.6 Å². The summed E-state index contributed by atoms with van der Waals surface area (Å²) in [6.07, 6.45) is -3.06. The predicted molar refractivity (Wildman–Crippen MR) is 101 cm³/mol. The summed E-state index contributed by atoms with van der Waals surface area (Å²) in [7, 11) is 0. The zero-order valence-corrected chi connectivity index (χ0v) is 15.1. The highest BCUT2D eigenvalue weighted by Crippen LogP contribution is 2.29. The lowest BCUT2D eigenvalue weighted by Gasteiger charge is -2.11. The molecule has 2 aromatic carbocycles. The molecular formula is C20H14ClF3N2O2. The summed E-state index contributed by atoms with van der Waals surface area (Å²) in [5.74, 6) is -0.427. The fourth-order valence-electron chi connectivity index (χ4n) is 2.52. The maximum Gasteiger partial charge on any atom is 0.416 e. The molecule has 3 aromatic rings. The van der Waals surface area contributed by atoms with Crippen LogP contribution >= 0.6 is 11.6 Å². The van der Waals surface area contributed by atoms with Crippen molar-refractivity contribution in [2.75, 3.05) is 5.32 Å². The van der Waals surface area contributed by atoms with Crippen molar-refractivity contribution < 1.29 is 18.0 Å². The molecule has 144 valence electrons. The van der Waals surface area contributed by atoms with Crippen LogP contribution in [0.4, 0.5) is 18.9 Å². The van der Waals surface area contributed by atoms with Gasteiger partial charge in [0.25, 0.3) is 11.5 Å². The van der Waals surface area contributed by atoms with Gasteiger partial charge in [-0.3, -0.25) is 9.59 Å². The van der Waals surface area contributed by atoms with Crippen LogP contribution in [0.15, 0.2) is 71.7 Å². The molecule has 3 rings (SSSR count). The number of pyridine rings is 1. The smallest absolute Gasteiger partial charge is 0.322 e. The van der Waals surface area contributed by atoms with Crippen molar-refractivity contribution in [2.45, 2.75) is 12.7 Å². The van der Waals surface area contributed by atoms with E-state index in [1.54, 1.807) is 24.3 Å². The van der Waals surface area contributed by atoms with Crippen molar-refractivity contribution in [3.63, 3.8) is 0 Å². The molecule has 0 saturated carbocycles. The zero-order chi connectivity index (χ0) is 20.3. The number of rotatable bonds is 4. The number of anilines is 1. The Labute approximate surface area is 163 Å². The number of hydrogen-bond acceptors (Lipinski definition) is 2. The van der Waals surface area contributed by atoms with Gasteiger partial charge in [0.15, 0.2) is 0 Å². The van der Waals surface area contributed by atoms with E-state index in [0.717, 1.165) is 12.1 Å². The molecular weight excluding hydrogens is 393 g/mol. The molecule has 0 bridgehead atoms. The van der Waals surface area contributed by atoms with Crippen LogP contribution in [0.25, 0.3) is 0 Å². The average Bonchev–Trinajstić information content (AvgIpc) is 2.65. The molecule has 8 heteroatoms. The van der Waals surface area contributed by atoms with Crippen LogP contribution in [-0.4, -0.2) is 10.5 Å². The van der Waals surface area contributed by atoms with Crippen LogP contribution in [0.5, 0.6) is 0 Å². The SMILES string of the molecule is O=C(Nc1ccc(Cl)cc1)c1ccc(=O)n(Cc2ccc(C(F)(F)F)cc2)c1. The van der Waals surface area contributed by atoms with E-state index in [-0.39, 0.29) is 17.7 Å². The molecule has 0 atom stereocenters. The number of carbonyl (C=O) groups is 1. The number of aromatic nitrogens is 1. The Hall–Kier alpha value is -3.06. The number of amides is 1. The summed E-state index contributed by atoms with van der Waals surface area (Å²) in [5, 5.41) is 3.21. The molecule has 0 spiro atoms. The first-order valence-corrected chi connectivity index (χ1v) is 8.54. The molecule has 0 aliphatic rings. The quantitative estimate of drug-likeness (QED) is 0.675. The summed E-state index contributed by atoms with van der Waals surface area (Å²) in [6.45, 7) is 0.0407. The largest absolute Gasteiger partial charge is 0.416 e. The van der Waals surface area contributed by atoms with E-state index in [0.29, 0.717) is 16.3 Å². The van der Waals surface area contributed by atoms with Gasteiger partial charge in [-0.05, 0) is 48.0 Å². The summed E-state index contributed by atoms with van der Waals surface area (Å²) in [5.41, 5.74) is 0.143. The Morgan fingerprint density at radius 3 is 2.21 bits per heavy atom. The minimum atomic E-state index is -4.42. The highest BCUT2D eigenvalue weighted by molar-refractivity contribution is 6.30. The molecule has 0 radical (unpaired) electrons. The molecule has 0 aliphatic carbocycles. The van der Waals surface area contributed by atoms with Crippen molar-refractivity contribution in [3.05, 3.63) is 98.9 Å². The molecule has 0 saturated heterocycles. The van der Waals surface area contributed by atoms with Crippen molar-refractivity contribution in [1.29, 1.82) is 0 Å². The lowest BCUT2D eigenvalue weighted by molar-refractivity contribution is -0.137. The van der Waals surface area contributed by atoms with Crippen molar-refractivity contribution >= 4 is 23.2 Å². The van der Waals surface area contributed by atoms with Crippen molar-refractivity contribution in [1.82, 2.24) is 4.57 Å². The van der Waals surface area contributed by atoms with Crippen LogP contribution in [0.2, 0.25) is 5.02 Å². The molecule has 0 unspecified atom stereocenters. The van der Waals surface area contributed by atoms with E-state index in [9.17, 15) is 22.8 Å². The summed E-state index contributed by atoms with van der Waals surface area (Å²) in [4.78, 5) is 24.4. The fourth-order valence-corrected chi connectivity index (χ4v) is 2.65. The van der Waals surface area contributed by atoms with Crippen molar-refractivity contribution in [3.8, 4) is 0 Å². The molecule has 0 fully saturated rings. The molecule has 28 heavy (non-hydrogen) atoms. The number of alkyl halides is 3. The van der Waals surface area contributed by atoms with Gasteiger partial charge in [0.1, 0.15) is 0 Å². The van der Waals surface area contributed by atoms with E-state index in [1.165, 1.54) is 35.0 Å². The van der Waals surface area contributed by atoms with Crippen LogP contribution in [-0.2, 0) is 12.7 Å². The van der Waals surface area contributed by atoms with Crippen LogP contribution in [0.3, 0.4) is 0 Å². The summed E-state index contributed by atoms with van der Waals surface area (Å²) in [6, 6.07) is 13.7. The van der Waals surface area contributed by atoms with Gasteiger partial charge < -0.3 is 9.88 Å². The minimum absolute atomic E-state index is 0.0407. The molecule has 1 heterocycles. The second-order valence-corrected chi connectivity index (χ2v) is 6.48. The first-order valence-electron chi connectivity index (χ1n) is 8.16. The number of hydrogen-bond donors (Lipinski definition) is 1. The van der Waals surface area contributed by atoms with Gasteiger partial charge in [0, 0.05) is 23.0 Å². The van der Waals surface area contributed by atoms with E-state index >= 15 is 0 Å². The third kappa shape index (κ3) is 4.80. The topological polar surface area (TPSA) is 51.1 Å². The van der Waals surface area contributed by atoms with Gasteiger partial charge in [-0.2, -0.15) is 13.2 Å². The third-order valence-corrected chi connectivity index (χ3v) is 4.23. The molecule has 1 N–H and O–H groups in total. The first-order chi connectivity index (χ1) is 13.2. The second-order valence-electron chi connectivity index (χ2n) is 6.04. The fraction of sp³-hybridized carbons (Fsp3) is 0.100. The number of nitrogens with zero attached hydrogens (tertiary/aromatic N) is 1. The highest BCUT2D eigenvalue weighted by atomic mass is 35.5. The van der Waals surface area contributed by atoms with Gasteiger partial charge >= 0.3 is 6.18 Å². The zero-order valence-electron chi connectivity index (χ0n) is 14.3. The lowest BCUT2D eigenvalue weighted by atomic mass is 10.1. The molecule has 0 aliphatic heterocycles. The normalized spacial score (nSPS) is 11.3. The minimum Gasteiger partial charge on any atom is -0.322 e. The Bertz CT molecular complexity index is 1040. The van der Waals surface area contributed by atoms with Gasteiger partial charge in [-0.1, -0.05) is 23.7 Å². The Morgan fingerprint density at radius 1 is 0.964 bits per heavy atom. The van der Waals surface area contributed by atoms with Gasteiger partial charge in [-0.15, -0.1) is 0 Å². The van der Waals surface area contributed by atoms with Crippen LogP contribution in [0, 0.1) is 0 Å². The lowest BCUT2D eigenvalue weighted by Crippen LogP contribution is -2.22. The van der Waals surface area contributed by atoms with Gasteiger partial charge in [0.2, 0.25) is 0 Å². The Kier molecular flexibility index (Phi) is 5.56. The summed E-state index contributed by atoms with van der Waals surface area (Å²) >= 11 is 5.80.